The molecule has 6 heteroatoms. The van der Waals surface area contributed by atoms with Crippen molar-refractivity contribution in [2.45, 2.75) is 31.6 Å². The van der Waals surface area contributed by atoms with Crippen molar-refractivity contribution in [2.24, 2.45) is 5.92 Å². The highest BCUT2D eigenvalue weighted by Gasteiger charge is 2.29. The zero-order valence-corrected chi connectivity index (χ0v) is 12.4. The Labute approximate surface area is 141 Å². The van der Waals surface area contributed by atoms with Gasteiger partial charge in [0.15, 0.2) is 0 Å². The summed E-state index contributed by atoms with van der Waals surface area (Å²) in [5.41, 5.74) is 2.11. The molecule has 3 aromatic heterocycles. The van der Waals surface area contributed by atoms with Crippen LogP contribution in [0.25, 0.3) is 27.1 Å². The Morgan fingerprint density at radius 2 is 2.35 bits per heavy atom. The third-order valence-electron chi connectivity index (χ3n) is 4.09. The first kappa shape index (κ1) is 10.2. The van der Waals surface area contributed by atoms with Crippen LogP contribution < -0.4 is 0 Å². The number of H-pyrrole nitrogens is 1. The van der Waals surface area contributed by atoms with Gasteiger partial charge in [-0.05, 0) is 24.7 Å². The van der Waals surface area contributed by atoms with Crippen molar-refractivity contribution < 1.29 is 6.91 Å². The minimum Gasteiger partial charge on any atom is -0.346 e. The minimum absolute atomic E-state index is 0. The van der Waals surface area contributed by atoms with E-state index in [4.69, 9.17) is 12.1 Å². The molecule has 1 saturated carbocycles. The first-order chi connectivity index (χ1) is 12.8. The van der Waals surface area contributed by atoms with E-state index in [-0.39, 0.29) is 20.8 Å². The van der Waals surface area contributed by atoms with E-state index in [1.807, 2.05) is 6.07 Å². The molecule has 1 aliphatic rings. The van der Waals surface area contributed by atoms with Gasteiger partial charge in [0.2, 0.25) is 6.54 Å². The van der Waals surface area contributed by atoms with Crippen LogP contribution in [0.2, 0.25) is 0 Å². The van der Waals surface area contributed by atoms with Crippen molar-refractivity contribution in [3.05, 3.63) is 42.4 Å². The Hall–Kier alpha value is -2.68. The highest BCUT2D eigenvalue weighted by Crippen LogP contribution is 2.35. The van der Waals surface area contributed by atoms with E-state index in [2.05, 4.69) is 24.9 Å². The summed E-state index contributed by atoms with van der Waals surface area (Å²) in [6, 6.07) is 1.18. The van der Waals surface area contributed by atoms with Gasteiger partial charge in [0.05, 0.1) is 11.9 Å². The first-order valence-corrected chi connectivity index (χ1v) is 7.49. The molecule has 118 valence electrons. The summed E-state index contributed by atoms with van der Waals surface area (Å²) >= 11 is 0. The molecule has 0 unspecified atom stereocenters. The molecular weight excluding hydrogens is 288 g/mol. The van der Waals surface area contributed by atoms with Crippen LogP contribution in [0.4, 0.5) is 0 Å². The maximum Gasteiger partial charge on any atom is 0.237 e. The van der Waals surface area contributed by atoms with Gasteiger partial charge >= 0.3 is 0 Å². The van der Waals surface area contributed by atoms with Crippen LogP contribution in [0.5, 0.6) is 0 Å². The van der Waals surface area contributed by atoms with Crippen LogP contribution in [-0.2, 0) is 0 Å². The topological polar surface area (TPSA) is 63.8 Å². The molecule has 6 nitrogen and oxygen atoms in total. The molecule has 1 atom stereocenters. The first-order valence-electron chi connectivity index (χ1n) is 9.49. The van der Waals surface area contributed by atoms with Crippen LogP contribution in [0.1, 0.15) is 38.5 Å². The van der Waals surface area contributed by atoms with Gasteiger partial charge in [0.1, 0.15) is 18.0 Å². The number of aromatic nitrogens is 5. The maximum atomic E-state index is 8.27. The van der Waals surface area contributed by atoms with Crippen molar-refractivity contribution in [1.82, 2.24) is 24.7 Å². The summed E-state index contributed by atoms with van der Waals surface area (Å²) in [4.78, 5) is 15.0. The number of rotatable bonds is 4. The van der Waals surface area contributed by atoms with E-state index in [0.717, 1.165) is 10.9 Å². The molecule has 0 amide bonds. The van der Waals surface area contributed by atoms with Crippen molar-refractivity contribution in [2.75, 3.05) is 6.54 Å². The van der Waals surface area contributed by atoms with Gasteiger partial charge in [-0.1, -0.05) is 12.8 Å². The molecule has 0 aliphatic heterocycles. The predicted molar refractivity (Wildman–Crippen MR) is 89.7 cm³/mol. The molecule has 23 heavy (non-hydrogen) atoms. The van der Waals surface area contributed by atoms with E-state index >= 15 is 0 Å². The molecule has 3 heterocycles. The zero-order valence-electron chi connectivity index (χ0n) is 16.4. The normalized spacial score (nSPS) is 23.6. The van der Waals surface area contributed by atoms with Crippen LogP contribution in [0.15, 0.2) is 31.0 Å². The zero-order chi connectivity index (χ0) is 19.2. The largest absolute Gasteiger partial charge is 0.346 e. The molecule has 0 bridgehead atoms. The highest BCUT2D eigenvalue weighted by molar-refractivity contribution is 5.89. The lowest BCUT2D eigenvalue weighted by molar-refractivity contribution is 0.329. The van der Waals surface area contributed by atoms with E-state index in [9.17, 15) is 0 Å². The summed E-state index contributed by atoms with van der Waals surface area (Å²) in [5, 5.41) is 5.19. The number of aromatic amines is 1. The lowest BCUT2D eigenvalue weighted by atomic mass is 9.98. The molecule has 0 radical (unpaired) electrons. The van der Waals surface area contributed by atoms with Crippen LogP contribution >= 0.6 is 0 Å². The molecule has 1 aliphatic carbocycles. The smallest absolute Gasteiger partial charge is 0.237 e. The van der Waals surface area contributed by atoms with E-state index in [1.54, 1.807) is 18.6 Å². The number of nitrogens with zero attached hydrogens (tertiary/aromatic N) is 5. The second-order valence-corrected chi connectivity index (χ2v) is 5.47. The molecule has 4 rings (SSSR count). The number of nitrogens with one attached hydrogen (secondary N) is 1. The highest BCUT2D eigenvalue weighted by atomic mass is 15.3. The number of hydrogen-bond acceptors (Lipinski definition) is 3. The summed E-state index contributed by atoms with van der Waals surface area (Å²) in [7, 11) is 0. The lowest BCUT2D eigenvalue weighted by Crippen LogP contribution is -2.20. The number of fused-ring (bicyclic) bond motifs is 1. The Morgan fingerprint density at radius 3 is 3.17 bits per heavy atom. The Bertz CT molecular complexity index is 1000. The fraction of sp³-hybridized carbons (Fsp3) is 0.412. The molecular formula is C17H20N6. The van der Waals surface area contributed by atoms with Crippen LogP contribution in [-0.4, -0.2) is 31.3 Å². The molecule has 0 spiro atoms. The third kappa shape index (κ3) is 2.48. The van der Waals surface area contributed by atoms with E-state index in [0.29, 0.717) is 11.3 Å². The van der Waals surface area contributed by atoms with Crippen LogP contribution in [0, 0.1) is 12.5 Å². The molecule has 1 fully saturated rings. The average molecular weight is 312 g/mol. The van der Waals surface area contributed by atoms with Crippen LogP contribution in [0.3, 0.4) is 0 Å². The SMILES string of the molecule is [2H]C1([2H])CCC([2H])([2H])C1[C@@H](C[N+]#[C-])n1cc(-c2ncnc3[nH]ccc23)cn1.[HH]. The van der Waals surface area contributed by atoms with E-state index in [1.165, 1.54) is 11.0 Å². The van der Waals surface area contributed by atoms with Crippen molar-refractivity contribution in [1.29, 1.82) is 0 Å². The predicted octanol–water partition coefficient (Wildman–Crippen LogP) is 3.72. The van der Waals surface area contributed by atoms with Gasteiger partial charge < -0.3 is 9.83 Å². The Balaban J connectivity index is 0.00000225. The second-order valence-electron chi connectivity index (χ2n) is 5.47. The molecule has 0 saturated heterocycles. The molecule has 1 N–H and O–H groups in total. The van der Waals surface area contributed by atoms with Crippen molar-refractivity contribution >= 4 is 11.0 Å². The van der Waals surface area contributed by atoms with Gasteiger partial charge in [-0.15, -0.1) is 0 Å². The quantitative estimate of drug-likeness (QED) is 0.747. The summed E-state index contributed by atoms with van der Waals surface area (Å²) in [6.45, 7) is 7.24. The summed E-state index contributed by atoms with van der Waals surface area (Å²) in [5.74, 6) is -0.940. The fourth-order valence-corrected chi connectivity index (χ4v) is 2.98. The average Bonchev–Trinajstić information content (AvgIpc) is 3.32. The molecule has 0 aromatic carbocycles. The second kappa shape index (κ2) is 5.84. The minimum atomic E-state index is -1.69. The fourth-order valence-electron chi connectivity index (χ4n) is 2.98. The Kier molecular flexibility index (Phi) is 2.58. The van der Waals surface area contributed by atoms with E-state index < -0.39 is 24.7 Å². The molecule has 3 aromatic rings. The van der Waals surface area contributed by atoms with Gasteiger partial charge in [-0.2, -0.15) is 5.10 Å². The van der Waals surface area contributed by atoms with Crippen molar-refractivity contribution in [3.63, 3.8) is 0 Å². The lowest BCUT2D eigenvalue weighted by Gasteiger charge is -2.18. The van der Waals surface area contributed by atoms with Gasteiger partial charge in [0, 0.05) is 30.3 Å². The summed E-state index contributed by atoms with van der Waals surface area (Å²) < 4.78 is 34.6. The monoisotopic (exact) mass is 312 g/mol. The third-order valence-corrected chi connectivity index (χ3v) is 4.09. The van der Waals surface area contributed by atoms with Gasteiger partial charge in [-0.3, -0.25) is 4.68 Å². The Morgan fingerprint density at radius 1 is 1.48 bits per heavy atom. The maximum absolute atomic E-state index is 8.27. The van der Waals surface area contributed by atoms with Crippen molar-refractivity contribution in [3.8, 4) is 11.3 Å². The summed E-state index contributed by atoms with van der Waals surface area (Å²) in [6.07, 6.45) is 3.47. The van der Waals surface area contributed by atoms with Gasteiger partial charge in [-0.25, -0.2) is 16.5 Å². The van der Waals surface area contributed by atoms with Gasteiger partial charge in [0.25, 0.3) is 0 Å². The number of hydrogen-bond donors (Lipinski definition) is 1. The standard InChI is InChI=1S/C17H18N6.H2/c1-18-9-15(12-4-2-3-5-12)23-10-13(8-22-23)16-14-6-7-19-17(14)21-11-20-16;/h6-8,10-12,15H,2-5,9H2,(H,19,20,21);1H/t15-;/m1./s1/i4D2,5D2;.